The molecule has 1 atom stereocenters. The summed E-state index contributed by atoms with van der Waals surface area (Å²) in [6.45, 7) is 6.97. The molecule has 5 nitrogen and oxygen atoms in total. The third-order valence-electron chi connectivity index (χ3n) is 4.02. The van der Waals surface area contributed by atoms with Crippen LogP contribution in [0.4, 0.5) is 0 Å². The number of rotatable bonds is 5. The number of furan rings is 1. The lowest BCUT2D eigenvalue weighted by Crippen LogP contribution is -2.54. The summed E-state index contributed by atoms with van der Waals surface area (Å²) in [5, 5.41) is 0. The molecule has 0 radical (unpaired) electrons. The van der Waals surface area contributed by atoms with Crippen LogP contribution in [-0.2, 0) is 0 Å². The minimum absolute atomic E-state index is 0.0447. The van der Waals surface area contributed by atoms with E-state index in [1.807, 2.05) is 11.8 Å². The first-order valence-corrected chi connectivity index (χ1v) is 7.82. The molecule has 2 rings (SSSR count). The first-order chi connectivity index (χ1) is 10.0. The van der Waals surface area contributed by atoms with Crippen LogP contribution < -0.4 is 5.73 Å². The van der Waals surface area contributed by atoms with Crippen molar-refractivity contribution in [3.05, 3.63) is 23.7 Å². The van der Waals surface area contributed by atoms with Crippen molar-refractivity contribution >= 4 is 23.1 Å². The number of hydrogen-bond acceptors (Lipinski definition) is 4. The van der Waals surface area contributed by atoms with Gasteiger partial charge in [0.2, 0.25) is 0 Å². The van der Waals surface area contributed by atoms with Crippen molar-refractivity contribution < 1.29 is 9.21 Å². The fourth-order valence-corrected chi connectivity index (χ4v) is 3.06. The van der Waals surface area contributed by atoms with Gasteiger partial charge in [0.1, 0.15) is 5.76 Å². The zero-order valence-electron chi connectivity index (χ0n) is 12.7. The van der Waals surface area contributed by atoms with E-state index in [0.717, 1.165) is 25.9 Å². The van der Waals surface area contributed by atoms with E-state index in [1.54, 1.807) is 12.3 Å². The highest BCUT2D eigenvalue weighted by molar-refractivity contribution is 7.80. The number of aryl methyl sites for hydroxylation is 1. The molecule has 2 heterocycles. The Kier molecular flexibility index (Phi) is 5.36. The summed E-state index contributed by atoms with van der Waals surface area (Å²) in [5.74, 6) is 0.720. The number of hydrogen-bond donors (Lipinski definition) is 1. The van der Waals surface area contributed by atoms with Crippen molar-refractivity contribution in [2.24, 2.45) is 5.73 Å². The van der Waals surface area contributed by atoms with E-state index in [4.69, 9.17) is 22.4 Å². The molecule has 1 amide bonds. The Balaban J connectivity index is 1.95. The molecule has 0 spiro atoms. The highest BCUT2D eigenvalue weighted by atomic mass is 32.1. The second kappa shape index (κ2) is 7.04. The molecule has 0 saturated carbocycles. The van der Waals surface area contributed by atoms with Crippen molar-refractivity contribution in [1.82, 2.24) is 9.80 Å². The van der Waals surface area contributed by atoms with Crippen LogP contribution in [0.3, 0.4) is 0 Å². The van der Waals surface area contributed by atoms with Gasteiger partial charge in [-0.2, -0.15) is 0 Å². The average Bonchev–Trinajstić information content (AvgIpc) is 2.90. The zero-order chi connectivity index (χ0) is 15.4. The minimum atomic E-state index is 0.0447. The second-order valence-electron chi connectivity index (χ2n) is 5.43. The quantitative estimate of drug-likeness (QED) is 0.840. The summed E-state index contributed by atoms with van der Waals surface area (Å²) in [6.07, 6.45) is 3.59. The Labute approximate surface area is 131 Å². The summed E-state index contributed by atoms with van der Waals surface area (Å²) < 4.78 is 5.21. The standard InChI is InChI=1S/C15H23N3O2S/c1-3-4-13(14(16)21)17-6-8-18(9-7-17)15(19)12-5-10-20-11(12)2/h5,10,13H,3-4,6-9H2,1-2H3,(H2,16,21). The van der Waals surface area contributed by atoms with Crippen LogP contribution in [0.1, 0.15) is 35.9 Å². The molecule has 1 saturated heterocycles. The molecule has 0 aromatic carbocycles. The van der Waals surface area contributed by atoms with E-state index in [1.165, 1.54) is 0 Å². The third-order valence-corrected chi connectivity index (χ3v) is 4.29. The molecule has 1 fully saturated rings. The Hall–Kier alpha value is -1.40. The normalized spacial score (nSPS) is 17.7. The minimum Gasteiger partial charge on any atom is -0.469 e. The van der Waals surface area contributed by atoms with Gasteiger partial charge in [0, 0.05) is 26.2 Å². The summed E-state index contributed by atoms with van der Waals surface area (Å²) in [5.41, 5.74) is 6.50. The van der Waals surface area contributed by atoms with Gasteiger partial charge in [-0.3, -0.25) is 9.69 Å². The van der Waals surface area contributed by atoms with Gasteiger partial charge in [0.15, 0.2) is 0 Å². The van der Waals surface area contributed by atoms with E-state index in [-0.39, 0.29) is 11.9 Å². The monoisotopic (exact) mass is 309 g/mol. The maximum Gasteiger partial charge on any atom is 0.257 e. The van der Waals surface area contributed by atoms with Crippen LogP contribution in [0.5, 0.6) is 0 Å². The first-order valence-electron chi connectivity index (χ1n) is 7.41. The van der Waals surface area contributed by atoms with Crippen molar-refractivity contribution in [2.75, 3.05) is 26.2 Å². The van der Waals surface area contributed by atoms with Crippen molar-refractivity contribution in [1.29, 1.82) is 0 Å². The Bertz CT molecular complexity index is 507. The number of nitrogens with two attached hydrogens (primary N) is 1. The average molecular weight is 309 g/mol. The molecule has 1 aromatic rings. The number of piperazine rings is 1. The fraction of sp³-hybridized carbons (Fsp3) is 0.600. The highest BCUT2D eigenvalue weighted by Gasteiger charge is 2.28. The van der Waals surface area contributed by atoms with E-state index >= 15 is 0 Å². The van der Waals surface area contributed by atoms with Crippen molar-refractivity contribution in [2.45, 2.75) is 32.7 Å². The van der Waals surface area contributed by atoms with Crippen LogP contribution in [-0.4, -0.2) is 52.9 Å². The van der Waals surface area contributed by atoms with Gasteiger partial charge in [0.25, 0.3) is 5.91 Å². The molecule has 1 aromatic heterocycles. The Morgan fingerprint density at radius 1 is 1.43 bits per heavy atom. The van der Waals surface area contributed by atoms with Gasteiger partial charge in [0.05, 0.1) is 22.9 Å². The zero-order valence-corrected chi connectivity index (χ0v) is 13.5. The molecular formula is C15H23N3O2S. The molecule has 0 aliphatic carbocycles. The van der Waals surface area contributed by atoms with Crippen LogP contribution in [0.15, 0.2) is 16.7 Å². The van der Waals surface area contributed by atoms with E-state index in [0.29, 0.717) is 29.4 Å². The number of amides is 1. The van der Waals surface area contributed by atoms with Crippen LogP contribution in [0.2, 0.25) is 0 Å². The molecular weight excluding hydrogens is 286 g/mol. The van der Waals surface area contributed by atoms with E-state index in [9.17, 15) is 4.79 Å². The van der Waals surface area contributed by atoms with Gasteiger partial charge in [-0.05, 0) is 19.4 Å². The van der Waals surface area contributed by atoms with Crippen LogP contribution in [0, 0.1) is 6.92 Å². The van der Waals surface area contributed by atoms with Crippen molar-refractivity contribution in [3.63, 3.8) is 0 Å². The summed E-state index contributed by atoms with van der Waals surface area (Å²) in [4.78, 5) is 17.1. The predicted octanol–water partition coefficient (Wildman–Crippen LogP) is 1.80. The first kappa shape index (κ1) is 16.0. The molecule has 1 aliphatic rings. The van der Waals surface area contributed by atoms with Crippen LogP contribution >= 0.6 is 12.2 Å². The van der Waals surface area contributed by atoms with Gasteiger partial charge >= 0.3 is 0 Å². The lowest BCUT2D eigenvalue weighted by molar-refractivity contribution is 0.0607. The smallest absolute Gasteiger partial charge is 0.257 e. The summed E-state index contributed by atoms with van der Waals surface area (Å²) in [6, 6.07) is 1.89. The Morgan fingerprint density at radius 3 is 2.57 bits per heavy atom. The maximum atomic E-state index is 12.4. The molecule has 1 aliphatic heterocycles. The lowest BCUT2D eigenvalue weighted by atomic mass is 10.1. The number of thiocarbonyl (C=S) groups is 1. The van der Waals surface area contributed by atoms with Gasteiger partial charge < -0.3 is 15.1 Å². The van der Waals surface area contributed by atoms with Gasteiger partial charge in [-0.15, -0.1) is 0 Å². The molecule has 116 valence electrons. The Morgan fingerprint density at radius 2 is 2.10 bits per heavy atom. The molecule has 21 heavy (non-hydrogen) atoms. The summed E-state index contributed by atoms with van der Waals surface area (Å²) >= 11 is 5.17. The number of carbonyl (C=O) groups is 1. The summed E-state index contributed by atoms with van der Waals surface area (Å²) in [7, 11) is 0. The highest BCUT2D eigenvalue weighted by Crippen LogP contribution is 2.16. The molecule has 1 unspecified atom stereocenters. The van der Waals surface area contributed by atoms with E-state index in [2.05, 4.69) is 11.8 Å². The molecule has 0 bridgehead atoms. The van der Waals surface area contributed by atoms with Gasteiger partial charge in [-0.1, -0.05) is 25.6 Å². The predicted molar refractivity (Wildman–Crippen MR) is 86.4 cm³/mol. The SMILES string of the molecule is CCCC(C(N)=S)N1CCN(C(=O)c2ccoc2C)CC1. The van der Waals surface area contributed by atoms with Crippen LogP contribution in [0.25, 0.3) is 0 Å². The van der Waals surface area contributed by atoms with Gasteiger partial charge in [-0.25, -0.2) is 0 Å². The third kappa shape index (κ3) is 3.63. The topological polar surface area (TPSA) is 62.7 Å². The molecule has 2 N–H and O–H groups in total. The number of nitrogens with zero attached hydrogens (tertiary/aromatic N) is 2. The van der Waals surface area contributed by atoms with Crippen molar-refractivity contribution in [3.8, 4) is 0 Å². The fourth-order valence-electron chi connectivity index (χ4n) is 2.79. The van der Waals surface area contributed by atoms with E-state index < -0.39 is 0 Å². The largest absolute Gasteiger partial charge is 0.469 e. The maximum absolute atomic E-state index is 12.4. The number of carbonyl (C=O) groups excluding carboxylic acids is 1. The lowest BCUT2D eigenvalue weighted by Gasteiger charge is -2.38. The molecule has 6 heteroatoms. The second-order valence-corrected chi connectivity index (χ2v) is 5.90.